The largest absolute Gasteiger partial charge is 0.330 e. The van der Waals surface area contributed by atoms with Gasteiger partial charge < -0.3 is 5.73 Å². The zero-order valence-corrected chi connectivity index (χ0v) is 8.68. The third kappa shape index (κ3) is 1.97. The molecular formula is C10H14N4O. The zero-order chi connectivity index (χ0) is 10.8. The van der Waals surface area contributed by atoms with Crippen molar-refractivity contribution in [2.24, 2.45) is 11.7 Å². The van der Waals surface area contributed by atoms with Gasteiger partial charge in [0.05, 0.1) is 0 Å². The number of rotatable bonds is 2. The Bertz CT molecular complexity index is 362. The lowest BCUT2D eigenvalue weighted by Gasteiger charge is -2.13. The van der Waals surface area contributed by atoms with Crippen molar-refractivity contribution >= 4 is 11.9 Å². The minimum atomic E-state index is 0.0642. The minimum Gasteiger partial charge on any atom is -0.330 e. The van der Waals surface area contributed by atoms with Crippen LogP contribution in [0.1, 0.15) is 12.0 Å². The molecule has 2 N–H and O–H groups in total. The van der Waals surface area contributed by atoms with Crippen LogP contribution < -0.4 is 10.6 Å². The van der Waals surface area contributed by atoms with Gasteiger partial charge in [-0.25, -0.2) is 9.97 Å². The summed E-state index contributed by atoms with van der Waals surface area (Å²) in [6.07, 6.45) is 3.94. The van der Waals surface area contributed by atoms with Crippen LogP contribution >= 0.6 is 0 Å². The number of nitrogens with two attached hydrogens (primary N) is 1. The summed E-state index contributed by atoms with van der Waals surface area (Å²) < 4.78 is 0. The summed E-state index contributed by atoms with van der Waals surface area (Å²) in [5, 5.41) is 0. The van der Waals surface area contributed by atoms with Crippen molar-refractivity contribution in [2.45, 2.75) is 13.3 Å². The summed E-state index contributed by atoms with van der Waals surface area (Å²) in [5.41, 5.74) is 6.53. The number of amides is 1. The maximum atomic E-state index is 11.6. The van der Waals surface area contributed by atoms with Crippen molar-refractivity contribution < 1.29 is 4.79 Å². The van der Waals surface area contributed by atoms with Gasteiger partial charge >= 0.3 is 0 Å². The number of carbonyl (C=O) groups is 1. The Morgan fingerprint density at radius 1 is 1.53 bits per heavy atom. The van der Waals surface area contributed by atoms with Crippen LogP contribution in [0.15, 0.2) is 12.4 Å². The Labute approximate surface area is 88.3 Å². The highest BCUT2D eigenvalue weighted by Gasteiger charge is 2.30. The second-order valence-electron chi connectivity index (χ2n) is 3.87. The maximum absolute atomic E-state index is 11.6. The summed E-state index contributed by atoms with van der Waals surface area (Å²) in [7, 11) is 0. The first kappa shape index (κ1) is 10.0. The molecule has 80 valence electrons. The van der Waals surface area contributed by atoms with E-state index in [1.165, 1.54) is 0 Å². The first-order chi connectivity index (χ1) is 7.20. The molecule has 1 atom stereocenters. The van der Waals surface area contributed by atoms with Crippen molar-refractivity contribution in [3.63, 3.8) is 0 Å². The van der Waals surface area contributed by atoms with Crippen molar-refractivity contribution in [1.29, 1.82) is 0 Å². The highest BCUT2D eigenvalue weighted by atomic mass is 16.2. The molecule has 2 heterocycles. The second-order valence-corrected chi connectivity index (χ2v) is 3.87. The van der Waals surface area contributed by atoms with E-state index < -0.39 is 0 Å². The Morgan fingerprint density at radius 2 is 2.20 bits per heavy atom. The average molecular weight is 206 g/mol. The molecule has 1 aromatic rings. The molecule has 5 heteroatoms. The van der Waals surface area contributed by atoms with Gasteiger partial charge in [-0.2, -0.15) is 0 Å². The van der Waals surface area contributed by atoms with Crippen molar-refractivity contribution in [3.8, 4) is 0 Å². The molecule has 1 saturated heterocycles. The van der Waals surface area contributed by atoms with Gasteiger partial charge in [0, 0.05) is 25.4 Å². The van der Waals surface area contributed by atoms with Crippen LogP contribution in [0.2, 0.25) is 0 Å². The number of carbonyl (C=O) groups excluding carboxylic acids is 1. The van der Waals surface area contributed by atoms with E-state index in [0.29, 0.717) is 25.5 Å². The molecule has 0 radical (unpaired) electrons. The summed E-state index contributed by atoms with van der Waals surface area (Å²) >= 11 is 0. The maximum Gasteiger partial charge on any atom is 0.232 e. The molecule has 2 rings (SSSR count). The lowest BCUT2D eigenvalue weighted by molar-refractivity contribution is -0.117. The summed E-state index contributed by atoms with van der Waals surface area (Å²) in [4.78, 5) is 21.5. The average Bonchev–Trinajstić information content (AvgIpc) is 2.61. The SMILES string of the molecule is Cc1cnc(N2CC(CN)CC2=O)nc1. The molecule has 15 heavy (non-hydrogen) atoms. The Morgan fingerprint density at radius 3 is 2.73 bits per heavy atom. The molecule has 0 saturated carbocycles. The van der Waals surface area contributed by atoms with E-state index in [4.69, 9.17) is 5.73 Å². The van der Waals surface area contributed by atoms with Gasteiger partial charge in [0.25, 0.3) is 0 Å². The van der Waals surface area contributed by atoms with E-state index in [-0.39, 0.29) is 11.8 Å². The van der Waals surface area contributed by atoms with E-state index in [1.54, 1.807) is 17.3 Å². The zero-order valence-electron chi connectivity index (χ0n) is 8.68. The van der Waals surface area contributed by atoms with E-state index in [2.05, 4.69) is 9.97 Å². The predicted molar refractivity (Wildman–Crippen MR) is 56.3 cm³/mol. The molecule has 1 aliphatic heterocycles. The number of hydrogen-bond acceptors (Lipinski definition) is 4. The molecule has 1 amide bonds. The topological polar surface area (TPSA) is 72.1 Å². The Balaban J connectivity index is 2.18. The molecule has 1 aromatic heterocycles. The fraction of sp³-hybridized carbons (Fsp3) is 0.500. The number of aryl methyl sites for hydroxylation is 1. The monoisotopic (exact) mass is 206 g/mol. The highest BCUT2D eigenvalue weighted by molar-refractivity contribution is 5.94. The van der Waals surface area contributed by atoms with Crippen LogP contribution in [-0.2, 0) is 4.79 Å². The summed E-state index contributed by atoms with van der Waals surface area (Å²) in [6, 6.07) is 0. The quantitative estimate of drug-likeness (QED) is 0.744. The molecule has 1 unspecified atom stereocenters. The van der Waals surface area contributed by atoms with Crippen molar-refractivity contribution in [1.82, 2.24) is 9.97 Å². The van der Waals surface area contributed by atoms with Gasteiger partial charge in [0.15, 0.2) is 0 Å². The Kier molecular flexibility index (Phi) is 2.64. The van der Waals surface area contributed by atoms with E-state index in [9.17, 15) is 4.79 Å². The van der Waals surface area contributed by atoms with E-state index in [1.807, 2.05) is 6.92 Å². The molecule has 0 bridgehead atoms. The first-order valence-electron chi connectivity index (χ1n) is 5.00. The third-order valence-electron chi connectivity index (χ3n) is 2.55. The predicted octanol–water partition coefficient (Wildman–Crippen LogP) is 0.0966. The van der Waals surface area contributed by atoms with Crippen LogP contribution in [0.3, 0.4) is 0 Å². The lowest BCUT2D eigenvalue weighted by Crippen LogP contribution is -2.27. The summed E-state index contributed by atoms with van der Waals surface area (Å²) in [5.74, 6) is 0.790. The van der Waals surface area contributed by atoms with Crippen LogP contribution in [0, 0.1) is 12.8 Å². The van der Waals surface area contributed by atoms with Gasteiger partial charge in [0.1, 0.15) is 0 Å². The van der Waals surface area contributed by atoms with E-state index in [0.717, 1.165) is 5.56 Å². The van der Waals surface area contributed by atoms with Crippen LogP contribution in [0.25, 0.3) is 0 Å². The molecule has 0 spiro atoms. The normalized spacial score (nSPS) is 21.1. The van der Waals surface area contributed by atoms with Gasteiger partial charge in [-0.05, 0) is 24.9 Å². The Hall–Kier alpha value is -1.49. The standard InChI is InChI=1S/C10H14N4O/c1-7-4-12-10(13-5-7)14-6-8(3-11)2-9(14)15/h4-5,8H,2-3,6,11H2,1H3. The van der Waals surface area contributed by atoms with Gasteiger partial charge in [0.2, 0.25) is 11.9 Å². The second kappa shape index (κ2) is 3.94. The van der Waals surface area contributed by atoms with Gasteiger partial charge in [-0.3, -0.25) is 9.69 Å². The van der Waals surface area contributed by atoms with Crippen molar-refractivity contribution in [2.75, 3.05) is 18.0 Å². The lowest BCUT2D eigenvalue weighted by atomic mass is 10.1. The van der Waals surface area contributed by atoms with Gasteiger partial charge in [-0.1, -0.05) is 0 Å². The fourth-order valence-corrected chi connectivity index (χ4v) is 1.66. The highest BCUT2D eigenvalue weighted by Crippen LogP contribution is 2.20. The number of nitrogens with zero attached hydrogens (tertiary/aromatic N) is 3. The molecule has 0 aromatic carbocycles. The molecular weight excluding hydrogens is 192 g/mol. The molecule has 1 aliphatic rings. The molecule has 0 aliphatic carbocycles. The third-order valence-corrected chi connectivity index (χ3v) is 2.55. The van der Waals surface area contributed by atoms with Crippen molar-refractivity contribution in [3.05, 3.63) is 18.0 Å². The van der Waals surface area contributed by atoms with E-state index >= 15 is 0 Å². The van der Waals surface area contributed by atoms with Crippen LogP contribution in [0.5, 0.6) is 0 Å². The smallest absolute Gasteiger partial charge is 0.232 e. The summed E-state index contributed by atoms with van der Waals surface area (Å²) in [6.45, 7) is 3.09. The first-order valence-corrected chi connectivity index (χ1v) is 5.00. The number of anilines is 1. The number of aromatic nitrogens is 2. The van der Waals surface area contributed by atoms with Gasteiger partial charge in [-0.15, -0.1) is 0 Å². The molecule has 5 nitrogen and oxygen atoms in total. The van der Waals surface area contributed by atoms with Crippen LogP contribution in [-0.4, -0.2) is 29.0 Å². The minimum absolute atomic E-state index is 0.0642. The fourth-order valence-electron chi connectivity index (χ4n) is 1.66. The molecule has 1 fully saturated rings. The van der Waals surface area contributed by atoms with Crippen LogP contribution in [0.4, 0.5) is 5.95 Å². The number of hydrogen-bond donors (Lipinski definition) is 1.